The third kappa shape index (κ3) is 3.20. The van der Waals surface area contributed by atoms with Crippen LogP contribution >= 0.6 is 0 Å². The maximum absolute atomic E-state index is 13.6. The molecule has 116 valence electrons. The summed E-state index contributed by atoms with van der Waals surface area (Å²) in [4.78, 5) is 9.67. The zero-order chi connectivity index (χ0) is 15.8. The summed E-state index contributed by atoms with van der Waals surface area (Å²) in [6, 6.07) is 2.17. The second kappa shape index (κ2) is 5.32. The smallest absolute Gasteiger partial charge is 0.329 e. The Balaban J connectivity index is 2.13. The summed E-state index contributed by atoms with van der Waals surface area (Å²) in [5.74, 6) is -3.08. The van der Waals surface area contributed by atoms with Crippen molar-refractivity contribution in [2.45, 2.75) is 17.4 Å². The molecule has 1 heterocycles. The summed E-state index contributed by atoms with van der Waals surface area (Å²) < 4.78 is 56.9. The van der Waals surface area contributed by atoms with Crippen molar-refractivity contribution in [2.24, 2.45) is 0 Å². The Hall–Kier alpha value is -1.58. The summed E-state index contributed by atoms with van der Waals surface area (Å²) in [7, 11) is -4.17. The molecule has 1 N–H and O–H groups in total. The lowest BCUT2D eigenvalue weighted by atomic mass is 10.0. The minimum atomic E-state index is -4.17. The van der Waals surface area contributed by atoms with Crippen LogP contribution in [0.25, 0.3) is 0 Å². The lowest BCUT2D eigenvalue weighted by Crippen LogP contribution is -2.63. The third-order valence-corrected chi connectivity index (χ3v) is 4.88. The van der Waals surface area contributed by atoms with E-state index in [2.05, 4.69) is 0 Å². The fourth-order valence-electron chi connectivity index (χ4n) is 2.01. The van der Waals surface area contributed by atoms with Gasteiger partial charge in [0.15, 0.2) is 0 Å². The maximum Gasteiger partial charge on any atom is 0.329 e. The molecule has 0 spiro atoms. The van der Waals surface area contributed by atoms with Gasteiger partial charge >= 0.3 is 5.97 Å². The van der Waals surface area contributed by atoms with Gasteiger partial charge in [-0.15, -0.1) is 0 Å². The van der Waals surface area contributed by atoms with E-state index in [-0.39, 0.29) is 13.1 Å². The first kappa shape index (κ1) is 15.8. The predicted molar refractivity (Wildman–Crippen MR) is 67.1 cm³/mol. The molecule has 2 rings (SSSR count). The summed E-state index contributed by atoms with van der Waals surface area (Å²) >= 11 is 0. The van der Waals surface area contributed by atoms with Crippen LogP contribution in [-0.4, -0.2) is 49.1 Å². The fraction of sp³-hybridized carbons (Fsp3) is 0.417. The van der Waals surface area contributed by atoms with Crippen LogP contribution < -0.4 is 0 Å². The highest BCUT2D eigenvalue weighted by Gasteiger charge is 2.47. The van der Waals surface area contributed by atoms with Crippen LogP contribution in [0.3, 0.4) is 0 Å². The lowest BCUT2D eigenvalue weighted by Gasteiger charge is -2.46. The minimum Gasteiger partial charge on any atom is -0.480 e. The van der Waals surface area contributed by atoms with Crippen molar-refractivity contribution in [3.63, 3.8) is 0 Å². The second-order valence-electron chi connectivity index (χ2n) is 4.98. The Labute approximate surface area is 120 Å². The number of carboxylic acid groups (broad SMARTS) is 1. The zero-order valence-electron chi connectivity index (χ0n) is 11.0. The van der Waals surface area contributed by atoms with Crippen LogP contribution in [0.2, 0.25) is 0 Å². The molecule has 9 heteroatoms. The molecule has 0 aliphatic carbocycles. The highest BCUT2D eigenvalue weighted by Crippen LogP contribution is 2.31. The van der Waals surface area contributed by atoms with Gasteiger partial charge in [-0.25, -0.2) is 22.0 Å². The number of carboxylic acids is 1. The second-order valence-corrected chi connectivity index (χ2v) is 6.89. The SMILES string of the molecule is CC1(OCC(=O)O)CN(S(=O)(=O)c2cc(F)ccc2F)C1. The van der Waals surface area contributed by atoms with Crippen molar-refractivity contribution < 1.29 is 31.8 Å². The number of ether oxygens (including phenoxy) is 1. The molecule has 0 bridgehead atoms. The molecule has 1 aliphatic rings. The number of aliphatic carboxylic acids is 1. The first-order valence-corrected chi connectivity index (χ1v) is 7.39. The minimum absolute atomic E-state index is 0.126. The molecule has 0 aromatic heterocycles. The quantitative estimate of drug-likeness (QED) is 0.868. The molecule has 1 fully saturated rings. The average molecular weight is 321 g/mol. The summed E-state index contributed by atoms with van der Waals surface area (Å²) in [5, 5.41) is 8.52. The fourth-order valence-corrected chi connectivity index (χ4v) is 3.75. The molecule has 1 saturated heterocycles. The number of hydrogen-bond donors (Lipinski definition) is 1. The summed E-state index contributed by atoms with van der Waals surface area (Å²) in [5.41, 5.74) is -0.949. The van der Waals surface area contributed by atoms with Gasteiger partial charge in [-0.2, -0.15) is 4.31 Å². The van der Waals surface area contributed by atoms with Gasteiger partial charge in [0, 0.05) is 13.1 Å². The van der Waals surface area contributed by atoms with Gasteiger partial charge in [-0.05, 0) is 25.1 Å². The van der Waals surface area contributed by atoms with Crippen molar-refractivity contribution in [3.8, 4) is 0 Å². The third-order valence-electron chi connectivity index (χ3n) is 3.08. The van der Waals surface area contributed by atoms with Crippen molar-refractivity contribution in [1.29, 1.82) is 0 Å². The van der Waals surface area contributed by atoms with Gasteiger partial charge in [0.25, 0.3) is 0 Å². The Kier molecular flexibility index (Phi) is 4.00. The zero-order valence-corrected chi connectivity index (χ0v) is 11.9. The van der Waals surface area contributed by atoms with Crippen LogP contribution in [0, 0.1) is 11.6 Å². The van der Waals surface area contributed by atoms with Crippen LogP contribution in [0.15, 0.2) is 23.1 Å². The van der Waals surface area contributed by atoms with Crippen LogP contribution in [0.1, 0.15) is 6.92 Å². The number of hydrogen-bond acceptors (Lipinski definition) is 4. The van der Waals surface area contributed by atoms with Gasteiger partial charge < -0.3 is 9.84 Å². The summed E-state index contributed by atoms with van der Waals surface area (Å²) in [6.07, 6.45) is 0. The monoisotopic (exact) mass is 321 g/mol. The molecule has 21 heavy (non-hydrogen) atoms. The van der Waals surface area contributed by atoms with Crippen LogP contribution in [-0.2, 0) is 19.6 Å². The normalized spacial score (nSPS) is 18.2. The Morgan fingerprint density at radius 3 is 2.62 bits per heavy atom. The van der Waals surface area contributed by atoms with E-state index in [1.54, 1.807) is 6.92 Å². The Morgan fingerprint density at radius 1 is 1.43 bits per heavy atom. The molecule has 0 unspecified atom stereocenters. The largest absolute Gasteiger partial charge is 0.480 e. The number of rotatable bonds is 5. The van der Waals surface area contributed by atoms with E-state index in [0.29, 0.717) is 6.07 Å². The summed E-state index contributed by atoms with van der Waals surface area (Å²) in [6.45, 7) is 0.736. The van der Waals surface area contributed by atoms with E-state index in [0.717, 1.165) is 16.4 Å². The molecule has 1 aromatic rings. The number of halogens is 2. The molecular formula is C12H13F2NO5S. The Morgan fingerprint density at radius 2 is 2.05 bits per heavy atom. The number of nitrogens with zero attached hydrogens (tertiary/aromatic N) is 1. The lowest BCUT2D eigenvalue weighted by molar-refractivity contribution is -0.157. The first-order valence-electron chi connectivity index (χ1n) is 5.95. The highest BCUT2D eigenvalue weighted by molar-refractivity contribution is 7.89. The molecule has 1 aliphatic heterocycles. The van der Waals surface area contributed by atoms with Crippen molar-refractivity contribution in [2.75, 3.05) is 19.7 Å². The highest BCUT2D eigenvalue weighted by atomic mass is 32.2. The van der Waals surface area contributed by atoms with Crippen LogP contribution in [0.5, 0.6) is 0 Å². The molecule has 6 nitrogen and oxygen atoms in total. The van der Waals surface area contributed by atoms with E-state index in [1.165, 1.54) is 0 Å². The standard InChI is InChI=1S/C12H13F2NO5S/c1-12(20-5-11(16)17)6-15(7-12)21(18,19)10-4-8(13)2-3-9(10)14/h2-4H,5-7H2,1H3,(H,16,17). The van der Waals surface area contributed by atoms with E-state index in [9.17, 15) is 22.0 Å². The molecule has 0 amide bonds. The maximum atomic E-state index is 13.6. The Bertz CT molecular complexity index is 670. The van der Waals surface area contributed by atoms with Crippen molar-refractivity contribution >= 4 is 16.0 Å². The molecular weight excluding hydrogens is 308 g/mol. The van der Waals surface area contributed by atoms with E-state index >= 15 is 0 Å². The predicted octanol–water partition coefficient (Wildman–Crippen LogP) is 0.829. The van der Waals surface area contributed by atoms with E-state index in [4.69, 9.17) is 9.84 Å². The van der Waals surface area contributed by atoms with E-state index < -0.39 is 44.7 Å². The molecule has 1 aromatic carbocycles. The molecule has 0 saturated carbocycles. The van der Waals surface area contributed by atoms with Gasteiger partial charge in [-0.1, -0.05) is 0 Å². The number of sulfonamides is 1. The van der Waals surface area contributed by atoms with Crippen molar-refractivity contribution in [1.82, 2.24) is 4.31 Å². The van der Waals surface area contributed by atoms with Crippen molar-refractivity contribution in [3.05, 3.63) is 29.8 Å². The molecule has 0 atom stereocenters. The van der Waals surface area contributed by atoms with Gasteiger partial charge in [-0.3, -0.25) is 0 Å². The van der Waals surface area contributed by atoms with Gasteiger partial charge in [0.05, 0.1) is 5.60 Å². The number of carbonyl (C=O) groups is 1. The van der Waals surface area contributed by atoms with Gasteiger partial charge in [0.1, 0.15) is 23.1 Å². The van der Waals surface area contributed by atoms with E-state index in [1.807, 2.05) is 0 Å². The molecule has 0 radical (unpaired) electrons. The number of benzene rings is 1. The van der Waals surface area contributed by atoms with Gasteiger partial charge in [0.2, 0.25) is 10.0 Å². The van der Waals surface area contributed by atoms with Crippen LogP contribution in [0.4, 0.5) is 8.78 Å². The average Bonchev–Trinajstić information content (AvgIpc) is 2.35. The topological polar surface area (TPSA) is 83.9 Å². The first-order chi connectivity index (χ1) is 9.64.